The first-order valence-electron chi connectivity index (χ1n) is 11.2. The van der Waals surface area contributed by atoms with E-state index in [1.165, 1.54) is 4.68 Å². The summed E-state index contributed by atoms with van der Waals surface area (Å²) in [7, 11) is 0. The van der Waals surface area contributed by atoms with Gasteiger partial charge in [0, 0.05) is 16.7 Å². The van der Waals surface area contributed by atoms with E-state index in [-0.39, 0.29) is 11.6 Å². The molecule has 0 saturated carbocycles. The molecule has 2 aromatic heterocycles. The Labute approximate surface area is 211 Å². The first kappa shape index (κ1) is 23.8. The van der Waals surface area contributed by atoms with Crippen molar-refractivity contribution in [3.8, 4) is 39.7 Å². The highest BCUT2D eigenvalue weighted by Crippen LogP contribution is 2.39. The lowest BCUT2D eigenvalue weighted by Gasteiger charge is -2.12. The fourth-order valence-corrected chi connectivity index (χ4v) is 4.17. The minimum absolute atomic E-state index is 0.131. The maximum Gasteiger partial charge on any atom is 0.433 e. The highest BCUT2D eigenvalue weighted by Gasteiger charge is 2.34. The van der Waals surface area contributed by atoms with Crippen LogP contribution in [0.15, 0.2) is 84.9 Å². The molecule has 0 aliphatic carbocycles. The Morgan fingerprint density at radius 2 is 1.31 bits per heavy atom. The lowest BCUT2D eigenvalue weighted by Crippen LogP contribution is -2.14. The SMILES string of the molecule is Cc1ccc(-c2nn(-c3nc(-c4ccccc4)cc(C(F)(F)F)n3)c(-c3ccc(C)cc3)c2Cl)cc1. The van der Waals surface area contributed by atoms with Crippen LogP contribution in [0.5, 0.6) is 0 Å². The van der Waals surface area contributed by atoms with Crippen LogP contribution in [0.2, 0.25) is 5.02 Å². The number of aryl methyl sites for hydroxylation is 2. The summed E-state index contributed by atoms with van der Waals surface area (Å²) >= 11 is 6.85. The van der Waals surface area contributed by atoms with Crippen LogP contribution in [0.25, 0.3) is 39.7 Å². The highest BCUT2D eigenvalue weighted by molar-refractivity contribution is 6.35. The van der Waals surface area contributed by atoms with Crippen molar-refractivity contribution >= 4 is 11.6 Å². The van der Waals surface area contributed by atoms with Crippen LogP contribution in [-0.4, -0.2) is 19.7 Å². The summed E-state index contributed by atoms with van der Waals surface area (Å²) in [6, 6.07) is 24.7. The molecule has 2 heterocycles. The predicted molar refractivity (Wildman–Crippen MR) is 135 cm³/mol. The second-order valence-electron chi connectivity index (χ2n) is 8.46. The molecule has 5 rings (SSSR count). The van der Waals surface area contributed by atoms with Gasteiger partial charge in [-0.1, -0.05) is 102 Å². The molecule has 0 unspecified atom stereocenters. The molecule has 4 nitrogen and oxygen atoms in total. The molecule has 0 aliphatic rings. The smallest absolute Gasteiger partial charge is 0.211 e. The third-order valence-corrected chi connectivity index (χ3v) is 6.10. The number of hydrogen-bond donors (Lipinski definition) is 0. The lowest BCUT2D eigenvalue weighted by atomic mass is 10.1. The third kappa shape index (κ3) is 4.62. The van der Waals surface area contributed by atoms with Gasteiger partial charge in [0.25, 0.3) is 5.95 Å². The minimum Gasteiger partial charge on any atom is -0.211 e. The van der Waals surface area contributed by atoms with Crippen LogP contribution in [0.4, 0.5) is 13.2 Å². The van der Waals surface area contributed by atoms with Crippen molar-refractivity contribution in [2.75, 3.05) is 0 Å². The van der Waals surface area contributed by atoms with Gasteiger partial charge in [-0.2, -0.15) is 23.0 Å². The van der Waals surface area contributed by atoms with Crippen molar-refractivity contribution in [3.05, 3.63) is 107 Å². The van der Waals surface area contributed by atoms with Gasteiger partial charge in [0.1, 0.15) is 5.69 Å². The zero-order valence-electron chi connectivity index (χ0n) is 19.4. The number of aromatic nitrogens is 4. The van der Waals surface area contributed by atoms with Crippen molar-refractivity contribution in [3.63, 3.8) is 0 Å². The molecule has 8 heteroatoms. The van der Waals surface area contributed by atoms with E-state index in [1.54, 1.807) is 30.3 Å². The molecule has 5 aromatic rings. The Balaban J connectivity index is 1.79. The summed E-state index contributed by atoms with van der Waals surface area (Å²) in [6.45, 7) is 3.91. The molecule has 0 atom stereocenters. The van der Waals surface area contributed by atoms with E-state index in [0.717, 1.165) is 22.8 Å². The fourth-order valence-electron chi connectivity index (χ4n) is 3.83. The molecule has 0 spiro atoms. The molecular weight excluding hydrogens is 485 g/mol. The fraction of sp³-hybridized carbons (Fsp3) is 0.107. The van der Waals surface area contributed by atoms with Crippen molar-refractivity contribution in [1.29, 1.82) is 0 Å². The topological polar surface area (TPSA) is 43.6 Å². The van der Waals surface area contributed by atoms with Crippen LogP contribution in [0.3, 0.4) is 0 Å². The number of nitrogens with zero attached hydrogens (tertiary/aromatic N) is 4. The zero-order valence-corrected chi connectivity index (χ0v) is 20.1. The van der Waals surface area contributed by atoms with Gasteiger partial charge in [-0.05, 0) is 19.9 Å². The first-order valence-corrected chi connectivity index (χ1v) is 11.5. The van der Waals surface area contributed by atoms with Gasteiger partial charge < -0.3 is 0 Å². The van der Waals surface area contributed by atoms with Crippen molar-refractivity contribution in [2.24, 2.45) is 0 Å². The zero-order chi connectivity index (χ0) is 25.4. The Hall–Kier alpha value is -3.97. The Morgan fingerprint density at radius 1 is 0.722 bits per heavy atom. The molecule has 0 bridgehead atoms. The normalized spacial score (nSPS) is 11.6. The molecule has 0 fully saturated rings. The van der Waals surface area contributed by atoms with Crippen LogP contribution in [0, 0.1) is 13.8 Å². The molecule has 36 heavy (non-hydrogen) atoms. The number of benzene rings is 3. The van der Waals surface area contributed by atoms with Gasteiger partial charge in [0.05, 0.1) is 16.4 Å². The average molecular weight is 505 g/mol. The van der Waals surface area contributed by atoms with Gasteiger partial charge in [-0.15, -0.1) is 0 Å². The predicted octanol–water partition coefficient (Wildman–Crippen LogP) is 7.95. The van der Waals surface area contributed by atoms with Crippen molar-refractivity contribution < 1.29 is 13.2 Å². The molecular formula is C28H20ClF3N4. The van der Waals surface area contributed by atoms with Crippen LogP contribution in [-0.2, 0) is 6.18 Å². The Bertz CT molecular complexity index is 1520. The summed E-state index contributed by atoms with van der Waals surface area (Å²) in [5.41, 5.74) is 3.92. The van der Waals surface area contributed by atoms with Crippen molar-refractivity contribution in [2.45, 2.75) is 20.0 Å². The average Bonchev–Trinajstić information content (AvgIpc) is 3.22. The number of halogens is 4. The third-order valence-electron chi connectivity index (χ3n) is 5.74. The van der Waals surface area contributed by atoms with E-state index in [1.807, 2.05) is 62.4 Å². The summed E-state index contributed by atoms with van der Waals surface area (Å²) < 4.78 is 43.0. The Morgan fingerprint density at radius 3 is 1.89 bits per heavy atom. The molecule has 0 amide bonds. The van der Waals surface area contributed by atoms with E-state index in [9.17, 15) is 13.2 Å². The molecule has 0 aliphatic heterocycles. The van der Waals surface area contributed by atoms with Crippen molar-refractivity contribution in [1.82, 2.24) is 19.7 Å². The molecule has 0 radical (unpaired) electrons. The number of hydrogen-bond acceptors (Lipinski definition) is 3. The van der Waals surface area contributed by atoms with E-state index in [2.05, 4.69) is 15.1 Å². The molecule has 3 aromatic carbocycles. The van der Waals surface area contributed by atoms with E-state index in [4.69, 9.17) is 11.6 Å². The lowest BCUT2D eigenvalue weighted by molar-refractivity contribution is -0.141. The Kier molecular flexibility index (Phi) is 6.10. The quantitative estimate of drug-likeness (QED) is 0.249. The molecule has 0 N–H and O–H groups in total. The minimum atomic E-state index is -4.68. The second kappa shape index (κ2) is 9.24. The van der Waals surface area contributed by atoms with E-state index < -0.39 is 11.9 Å². The van der Waals surface area contributed by atoms with Crippen LogP contribution < -0.4 is 0 Å². The monoisotopic (exact) mass is 504 g/mol. The maximum atomic E-state index is 13.9. The standard InChI is InChI=1S/C28H20ClF3N4/c1-17-8-12-20(13-9-17)25-24(29)26(21-14-10-18(2)11-15-21)36(35-25)27-33-22(19-6-4-3-5-7-19)16-23(34-27)28(30,31)32/h3-16H,1-2H3. The van der Waals surface area contributed by atoms with E-state index in [0.29, 0.717) is 27.5 Å². The van der Waals surface area contributed by atoms with Gasteiger partial charge in [-0.25, -0.2) is 9.97 Å². The van der Waals surface area contributed by atoms with E-state index >= 15 is 0 Å². The summed E-state index contributed by atoms with van der Waals surface area (Å²) in [4.78, 5) is 8.36. The van der Waals surface area contributed by atoms with Gasteiger partial charge in [0.15, 0.2) is 5.69 Å². The molecule has 0 saturated heterocycles. The van der Waals surface area contributed by atoms with Gasteiger partial charge >= 0.3 is 6.18 Å². The number of alkyl halides is 3. The second-order valence-corrected chi connectivity index (χ2v) is 8.84. The summed E-state index contributed by atoms with van der Waals surface area (Å²) in [5, 5.41) is 4.93. The summed E-state index contributed by atoms with van der Waals surface area (Å²) in [5.74, 6) is -0.223. The number of rotatable bonds is 4. The van der Waals surface area contributed by atoms with Gasteiger partial charge in [0.2, 0.25) is 0 Å². The maximum absolute atomic E-state index is 13.9. The van der Waals surface area contributed by atoms with Gasteiger partial charge in [-0.3, -0.25) is 0 Å². The van der Waals surface area contributed by atoms with Crippen LogP contribution in [0.1, 0.15) is 16.8 Å². The first-order chi connectivity index (χ1) is 17.2. The highest BCUT2D eigenvalue weighted by atomic mass is 35.5. The van der Waals surface area contributed by atoms with Crippen LogP contribution >= 0.6 is 11.6 Å². The molecule has 180 valence electrons. The summed E-state index contributed by atoms with van der Waals surface area (Å²) in [6.07, 6.45) is -4.68. The largest absolute Gasteiger partial charge is 0.433 e.